The first kappa shape index (κ1) is 21.1. The molecule has 28 heavy (non-hydrogen) atoms. The van der Waals surface area contributed by atoms with E-state index in [1.165, 1.54) is 12.1 Å². The van der Waals surface area contributed by atoms with E-state index in [9.17, 15) is 31.5 Å². The van der Waals surface area contributed by atoms with Crippen LogP contribution in [0.4, 0.5) is 27.6 Å². The van der Waals surface area contributed by atoms with Gasteiger partial charge in [-0.3, -0.25) is 9.59 Å². The molecule has 0 aliphatic carbocycles. The normalized spacial score (nSPS) is 11.0. The van der Waals surface area contributed by atoms with Crippen molar-refractivity contribution in [2.24, 2.45) is 0 Å². The number of carbonyl (C=O) groups is 2. The van der Waals surface area contributed by atoms with Gasteiger partial charge in [0.1, 0.15) is 0 Å². The van der Waals surface area contributed by atoms with Crippen LogP contribution in [0.1, 0.15) is 24.0 Å². The number of benzene rings is 2. The molecule has 0 unspecified atom stereocenters. The number of rotatable bonds is 7. The summed E-state index contributed by atoms with van der Waals surface area (Å²) in [5.74, 6) is -12.3. The van der Waals surface area contributed by atoms with Gasteiger partial charge < -0.3 is 10.4 Å². The highest BCUT2D eigenvalue weighted by Gasteiger charge is 2.24. The van der Waals surface area contributed by atoms with Gasteiger partial charge in [0, 0.05) is 18.2 Å². The van der Waals surface area contributed by atoms with Gasteiger partial charge >= 0.3 is 5.97 Å². The molecule has 0 fully saturated rings. The molecule has 0 aromatic heterocycles. The number of nitrogens with one attached hydrogen (secondary N) is 1. The summed E-state index contributed by atoms with van der Waals surface area (Å²) in [4.78, 5) is 22.3. The highest BCUT2D eigenvalue weighted by atomic mass is 19.2. The van der Waals surface area contributed by atoms with Gasteiger partial charge in [0.05, 0.1) is 5.56 Å². The van der Waals surface area contributed by atoms with Crippen molar-refractivity contribution in [2.45, 2.75) is 19.3 Å². The molecule has 0 heterocycles. The van der Waals surface area contributed by atoms with Gasteiger partial charge in [0.2, 0.25) is 11.7 Å². The second-order valence-corrected chi connectivity index (χ2v) is 5.75. The molecule has 0 bridgehead atoms. The first-order valence-electron chi connectivity index (χ1n) is 8.02. The van der Waals surface area contributed by atoms with Crippen LogP contribution in [0.3, 0.4) is 0 Å². The fourth-order valence-corrected chi connectivity index (χ4v) is 2.31. The number of carbonyl (C=O) groups excluding carboxylic acids is 1. The van der Waals surface area contributed by atoms with Crippen molar-refractivity contribution in [3.63, 3.8) is 0 Å². The monoisotopic (exact) mass is 399 g/mol. The summed E-state index contributed by atoms with van der Waals surface area (Å²) >= 11 is 0. The molecule has 148 valence electrons. The molecule has 4 nitrogen and oxygen atoms in total. The number of aliphatic carboxylic acids is 1. The predicted octanol–water partition coefficient (Wildman–Crippen LogP) is 4.44. The average Bonchev–Trinajstić information content (AvgIpc) is 2.66. The Morgan fingerprint density at radius 1 is 0.893 bits per heavy atom. The molecule has 0 radical (unpaired) electrons. The summed E-state index contributed by atoms with van der Waals surface area (Å²) in [5, 5.41) is 11.0. The van der Waals surface area contributed by atoms with Crippen LogP contribution in [0.5, 0.6) is 0 Å². The number of hydrogen-bond acceptors (Lipinski definition) is 2. The van der Waals surface area contributed by atoms with Crippen molar-refractivity contribution in [1.29, 1.82) is 0 Å². The van der Waals surface area contributed by atoms with Crippen molar-refractivity contribution < 1.29 is 36.6 Å². The number of carboxylic acid groups (broad SMARTS) is 1. The first-order valence-corrected chi connectivity index (χ1v) is 8.02. The third kappa shape index (κ3) is 5.15. The maximum Gasteiger partial charge on any atom is 0.303 e. The molecule has 2 aromatic carbocycles. The van der Waals surface area contributed by atoms with Gasteiger partial charge in [-0.05, 0) is 36.6 Å². The molecule has 2 N–H and O–H groups in total. The van der Waals surface area contributed by atoms with E-state index in [0.717, 1.165) is 5.56 Å². The molecule has 0 atom stereocenters. The standard InChI is InChI=1S/C19H14F5NO3/c20-15-12(16(21)18(23)19(24)17(15)22)8-9-13(26)25-11-6-4-10(5-7-11)2-1-3-14(27)28/h4-9H,1-3H2,(H,25,26)(H,27,28)/b9-8+. The van der Waals surface area contributed by atoms with Crippen LogP contribution in [0, 0.1) is 29.1 Å². The Morgan fingerprint density at radius 2 is 1.43 bits per heavy atom. The Morgan fingerprint density at radius 3 is 1.96 bits per heavy atom. The molecule has 0 saturated heterocycles. The molecule has 2 rings (SSSR count). The number of halogens is 5. The third-order valence-corrected chi connectivity index (χ3v) is 3.72. The molecule has 0 aliphatic heterocycles. The van der Waals surface area contributed by atoms with E-state index in [1.807, 2.05) is 0 Å². The highest BCUT2D eigenvalue weighted by molar-refractivity contribution is 6.01. The molecule has 0 saturated carbocycles. The van der Waals surface area contributed by atoms with Crippen LogP contribution in [-0.4, -0.2) is 17.0 Å². The Kier molecular flexibility index (Phi) is 6.86. The molecule has 2 aromatic rings. The summed E-state index contributed by atoms with van der Waals surface area (Å²) < 4.78 is 66.3. The molecular weight excluding hydrogens is 385 g/mol. The predicted molar refractivity (Wildman–Crippen MR) is 90.9 cm³/mol. The molecule has 0 spiro atoms. The smallest absolute Gasteiger partial charge is 0.303 e. The zero-order chi connectivity index (χ0) is 20.8. The van der Waals surface area contributed by atoms with Crippen molar-refractivity contribution in [3.8, 4) is 0 Å². The summed E-state index contributed by atoms with van der Waals surface area (Å²) in [5.41, 5.74) is -0.0504. The van der Waals surface area contributed by atoms with Crippen LogP contribution >= 0.6 is 0 Å². The lowest BCUT2D eigenvalue weighted by Crippen LogP contribution is -2.09. The molecule has 0 aliphatic rings. The zero-order valence-electron chi connectivity index (χ0n) is 14.2. The largest absolute Gasteiger partial charge is 0.481 e. The SMILES string of the molecule is O=C(O)CCCc1ccc(NC(=O)/C=C/c2c(F)c(F)c(F)c(F)c2F)cc1. The second-order valence-electron chi connectivity index (χ2n) is 5.75. The maximum atomic E-state index is 13.5. The van der Waals surface area contributed by atoms with Gasteiger partial charge in [0.25, 0.3) is 0 Å². The van der Waals surface area contributed by atoms with E-state index in [4.69, 9.17) is 5.11 Å². The summed E-state index contributed by atoms with van der Waals surface area (Å²) in [7, 11) is 0. The van der Waals surface area contributed by atoms with Crippen LogP contribution in [-0.2, 0) is 16.0 Å². The van der Waals surface area contributed by atoms with Crippen LogP contribution in [0.15, 0.2) is 30.3 Å². The Hall–Kier alpha value is -3.23. The molecule has 9 heteroatoms. The fraction of sp³-hybridized carbons (Fsp3) is 0.158. The topological polar surface area (TPSA) is 66.4 Å². The summed E-state index contributed by atoms with van der Waals surface area (Å²) in [6.45, 7) is 0. The van der Waals surface area contributed by atoms with Gasteiger partial charge in [-0.25, -0.2) is 22.0 Å². The molecular formula is C19H14F5NO3. The van der Waals surface area contributed by atoms with Crippen LogP contribution in [0.25, 0.3) is 6.08 Å². The van der Waals surface area contributed by atoms with Crippen molar-refractivity contribution in [3.05, 3.63) is 70.6 Å². The lowest BCUT2D eigenvalue weighted by molar-refractivity contribution is -0.137. The van der Waals surface area contributed by atoms with Gasteiger partial charge in [-0.15, -0.1) is 0 Å². The number of carboxylic acids is 1. The number of hydrogen-bond donors (Lipinski definition) is 2. The minimum Gasteiger partial charge on any atom is -0.481 e. The lowest BCUT2D eigenvalue weighted by atomic mass is 10.1. The Bertz CT molecular complexity index is 897. The zero-order valence-corrected chi connectivity index (χ0v) is 14.2. The highest BCUT2D eigenvalue weighted by Crippen LogP contribution is 2.24. The van der Waals surface area contributed by atoms with E-state index in [1.54, 1.807) is 12.1 Å². The Labute approximate surface area is 156 Å². The Balaban J connectivity index is 2.04. The quantitative estimate of drug-likeness (QED) is 0.313. The van der Waals surface area contributed by atoms with Crippen LogP contribution < -0.4 is 5.32 Å². The van der Waals surface area contributed by atoms with E-state index in [2.05, 4.69) is 5.32 Å². The van der Waals surface area contributed by atoms with Crippen molar-refractivity contribution in [2.75, 3.05) is 5.32 Å². The fourth-order valence-electron chi connectivity index (χ4n) is 2.31. The van der Waals surface area contributed by atoms with E-state index in [-0.39, 0.29) is 6.42 Å². The minimum atomic E-state index is -2.28. The lowest BCUT2D eigenvalue weighted by Gasteiger charge is -2.06. The minimum absolute atomic E-state index is 0.0287. The van der Waals surface area contributed by atoms with Crippen LogP contribution in [0.2, 0.25) is 0 Å². The number of aryl methyl sites for hydroxylation is 1. The third-order valence-electron chi connectivity index (χ3n) is 3.72. The average molecular weight is 399 g/mol. The van der Waals surface area contributed by atoms with E-state index in [0.29, 0.717) is 30.7 Å². The van der Waals surface area contributed by atoms with E-state index >= 15 is 0 Å². The van der Waals surface area contributed by atoms with Crippen molar-refractivity contribution >= 4 is 23.6 Å². The maximum absolute atomic E-state index is 13.5. The second kappa shape index (κ2) is 9.12. The summed E-state index contributed by atoms with van der Waals surface area (Å²) in [6, 6.07) is 6.37. The first-order chi connectivity index (χ1) is 13.2. The van der Waals surface area contributed by atoms with Crippen molar-refractivity contribution in [1.82, 2.24) is 0 Å². The van der Waals surface area contributed by atoms with Gasteiger partial charge in [-0.2, -0.15) is 0 Å². The van der Waals surface area contributed by atoms with E-state index < -0.39 is 46.5 Å². The van der Waals surface area contributed by atoms with Gasteiger partial charge in [-0.1, -0.05) is 12.1 Å². The number of amides is 1. The summed E-state index contributed by atoms with van der Waals surface area (Å²) in [6.07, 6.45) is 2.14. The van der Waals surface area contributed by atoms with Gasteiger partial charge in [0.15, 0.2) is 23.3 Å². The number of anilines is 1. The molecule has 1 amide bonds.